The summed E-state index contributed by atoms with van der Waals surface area (Å²) >= 11 is 0. The van der Waals surface area contributed by atoms with E-state index in [2.05, 4.69) is 4.74 Å². The topological polar surface area (TPSA) is 66.8 Å². The summed E-state index contributed by atoms with van der Waals surface area (Å²) in [6.45, 7) is -1.41. The Morgan fingerprint density at radius 2 is 1.91 bits per heavy atom. The second-order valence-corrected chi connectivity index (χ2v) is 5.25. The van der Waals surface area contributed by atoms with Crippen molar-refractivity contribution in [3.05, 3.63) is 29.8 Å². The maximum Gasteiger partial charge on any atom is 0.387 e. The molecule has 1 atom stereocenters. The maximum atomic E-state index is 12.3. The molecule has 0 saturated heterocycles. The lowest BCUT2D eigenvalue weighted by Crippen LogP contribution is -2.45. The molecule has 1 aliphatic rings. The van der Waals surface area contributed by atoms with E-state index in [1.165, 1.54) is 36.1 Å². The average molecular weight is 313 g/mol. The van der Waals surface area contributed by atoms with Gasteiger partial charge >= 0.3 is 12.6 Å². The zero-order chi connectivity index (χ0) is 16.3. The molecule has 1 unspecified atom stereocenters. The summed E-state index contributed by atoms with van der Waals surface area (Å²) in [5, 5.41) is 9.08. The number of aliphatic carboxylic acids is 1. The molecule has 7 heteroatoms. The fourth-order valence-electron chi connectivity index (χ4n) is 2.26. The average Bonchev–Trinajstić information content (AvgIpc) is 3.25. The summed E-state index contributed by atoms with van der Waals surface area (Å²) in [6, 6.07) is 4.87. The van der Waals surface area contributed by atoms with Crippen LogP contribution in [0.2, 0.25) is 0 Å². The van der Waals surface area contributed by atoms with Crippen molar-refractivity contribution in [2.24, 2.45) is 0 Å². The molecule has 1 aliphatic carbocycles. The van der Waals surface area contributed by atoms with Crippen LogP contribution in [0.1, 0.15) is 25.3 Å². The Hall–Kier alpha value is -2.18. The van der Waals surface area contributed by atoms with Crippen molar-refractivity contribution < 1.29 is 28.2 Å². The van der Waals surface area contributed by atoms with Gasteiger partial charge in [0.15, 0.2) is 0 Å². The first kappa shape index (κ1) is 16.2. The van der Waals surface area contributed by atoms with E-state index >= 15 is 0 Å². The van der Waals surface area contributed by atoms with E-state index in [9.17, 15) is 18.4 Å². The number of rotatable bonds is 7. The van der Waals surface area contributed by atoms with Crippen molar-refractivity contribution in [3.63, 3.8) is 0 Å². The Morgan fingerprint density at radius 3 is 2.36 bits per heavy atom. The maximum absolute atomic E-state index is 12.3. The lowest BCUT2D eigenvalue weighted by Gasteiger charge is -2.26. The monoisotopic (exact) mass is 313 g/mol. The number of hydrogen-bond donors (Lipinski definition) is 1. The number of amides is 1. The van der Waals surface area contributed by atoms with Crippen LogP contribution in [0.25, 0.3) is 0 Å². The lowest BCUT2D eigenvalue weighted by atomic mass is 10.1. The molecule has 0 bridgehead atoms. The third-order valence-corrected chi connectivity index (χ3v) is 3.51. The highest BCUT2D eigenvalue weighted by Gasteiger charge is 2.38. The van der Waals surface area contributed by atoms with E-state index in [-0.39, 0.29) is 24.1 Å². The standard InChI is InChI=1S/C15H17F2NO4/c1-9(14(20)21)18(11-4-5-11)13(19)8-10-2-6-12(7-3-10)22-15(16)17/h2-3,6-7,9,11,15H,4-5,8H2,1H3,(H,20,21). The van der Waals surface area contributed by atoms with Crippen LogP contribution in [0.3, 0.4) is 0 Å². The number of ether oxygens (including phenoxy) is 1. The van der Waals surface area contributed by atoms with Crippen LogP contribution in [-0.2, 0) is 16.0 Å². The molecule has 0 heterocycles. The lowest BCUT2D eigenvalue weighted by molar-refractivity contribution is -0.149. The van der Waals surface area contributed by atoms with Crippen LogP contribution in [-0.4, -0.2) is 40.6 Å². The highest BCUT2D eigenvalue weighted by Crippen LogP contribution is 2.29. The third kappa shape index (κ3) is 4.16. The molecule has 0 aromatic heterocycles. The molecule has 5 nitrogen and oxygen atoms in total. The molecule has 120 valence electrons. The van der Waals surface area contributed by atoms with Gasteiger partial charge in [0.2, 0.25) is 5.91 Å². The second kappa shape index (κ2) is 6.72. The molecule has 0 aliphatic heterocycles. The summed E-state index contributed by atoms with van der Waals surface area (Å²) in [7, 11) is 0. The normalized spacial score (nSPS) is 15.5. The van der Waals surface area contributed by atoms with Crippen molar-refractivity contribution >= 4 is 11.9 Å². The van der Waals surface area contributed by atoms with Crippen molar-refractivity contribution in [2.45, 2.75) is 44.9 Å². The third-order valence-electron chi connectivity index (χ3n) is 3.51. The number of carboxylic acid groups (broad SMARTS) is 1. The molecule has 1 aromatic carbocycles. The van der Waals surface area contributed by atoms with Crippen LogP contribution in [0.5, 0.6) is 5.75 Å². The van der Waals surface area contributed by atoms with Crippen molar-refractivity contribution in [1.29, 1.82) is 0 Å². The van der Waals surface area contributed by atoms with Gasteiger partial charge < -0.3 is 14.7 Å². The number of alkyl halides is 2. The van der Waals surface area contributed by atoms with E-state index in [1.807, 2.05) is 0 Å². The largest absolute Gasteiger partial charge is 0.480 e. The fraction of sp³-hybridized carbons (Fsp3) is 0.467. The molecular formula is C15H17F2NO4. The van der Waals surface area contributed by atoms with E-state index in [0.29, 0.717) is 5.56 Å². The Bertz CT molecular complexity index is 543. The Labute approximate surface area is 126 Å². The molecule has 1 amide bonds. The number of carbonyl (C=O) groups is 2. The number of carboxylic acids is 1. The van der Waals surface area contributed by atoms with Gasteiger partial charge in [-0.05, 0) is 37.5 Å². The highest BCUT2D eigenvalue weighted by molar-refractivity contribution is 5.85. The van der Waals surface area contributed by atoms with Gasteiger partial charge in [0.05, 0.1) is 6.42 Å². The number of nitrogens with zero attached hydrogens (tertiary/aromatic N) is 1. The predicted molar refractivity (Wildman–Crippen MR) is 73.7 cm³/mol. The van der Waals surface area contributed by atoms with Crippen LogP contribution < -0.4 is 4.74 Å². The first-order valence-electron chi connectivity index (χ1n) is 6.96. The van der Waals surface area contributed by atoms with Gasteiger partial charge in [-0.1, -0.05) is 12.1 Å². The van der Waals surface area contributed by atoms with E-state index in [4.69, 9.17) is 5.11 Å². The van der Waals surface area contributed by atoms with Crippen molar-refractivity contribution in [3.8, 4) is 5.75 Å². The zero-order valence-corrected chi connectivity index (χ0v) is 12.0. The minimum absolute atomic E-state index is 0.0139. The molecule has 0 radical (unpaired) electrons. The zero-order valence-electron chi connectivity index (χ0n) is 12.0. The minimum Gasteiger partial charge on any atom is -0.480 e. The number of hydrogen-bond acceptors (Lipinski definition) is 3. The van der Waals surface area contributed by atoms with Gasteiger partial charge in [-0.3, -0.25) is 4.79 Å². The molecule has 2 rings (SSSR count). The van der Waals surface area contributed by atoms with Gasteiger partial charge in [0.1, 0.15) is 11.8 Å². The first-order chi connectivity index (χ1) is 10.4. The van der Waals surface area contributed by atoms with E-state index in [1.54, 1.807) is 0 Å². The van der Waals surface area contributed by atoms with Crippen molar-refractivity contribution in [1.82, 2.24) is 4.90 Å². The van der Waals surface area contributed by atoms with Gasteiger partial charge in [-0.15, -0.1) is 0 Å². The van der Waals surface area contributed by atoms with Gasteiger partial charge in [-0.25, -0.2) is 4.79 Å². The summed E-state index contributed by atoms with van der Waals surface area (Å²) in [4.78, 5) is 24.8. The van der Waals surface area contributed by atoms with Crippen LogP contribution in [0, 0.1) is 0 Å². The predicted octanol–water partition coefficient (Wildman–Crippen LogP) is 2.29. The van der Waals surface area contributed by atoms with Crippen LogP contribution >= 0.6 is 0 Å². The number of benzene rings is 1. The number of carbonyl (C=O) groups excluding carboxylic acids is 1. The van der Waals surface area contributed by atoms with E-state index < -0.39 is 18.6 Å². The van der Waals surface area contributed by atoms with Gasteiger partial charge in [0.25, 0.3) is 0 Å². The first-order valence-corrected chi connectivity index (χ1v) is 6.96. The van der Waals surface area contributed by atoms with E-state index in [0.717, 1.165) is 12.8 Å². The SMILES string of the molecule is CC(C(=O)O)N(C(=O)Cc1ccc(OC(F)F)cc1)C1CC1. The smallest absolute Gasteiger partial charge is 0.387 e. The molecule has 1 fully saturated rings. The molecular weight excluding hydrogens is 296 g/mol. The molecule has 1 saturated carbocycles. The van der Waals surface area contributed by atoms with Crippen LogP contribution in [0.15, 0.2) is 24.3 Å². The van der Waals surface area contributed by atoms with Crippen LogP contribution in [0.4, 0.5) is 8.78 Å². The quantitative estimate of drug-likeness (QED) is 0.839. The number of halogens is 2. The Morgan fingerprint density at radius 1 is 1.32 bits per heavy atom. The Kier molecular flexibility index (Phi) is 4.95. The fourth-order valence-corrected chi connectivity index (χ4v) is 2.26. The summed E-state index contributed by atoms with van der Waals surface area (Å²) < 4.78 is 28.4. The molecule has 1 aromatic rings. The highest BCUT2D eigenvalue weighted by atomic mass is 19.3. The molecule has 0 spiro atoms. The molecule has 22 heavy (non-hydrogen) atoms. The summed E-state index contributed by atoms with van der Waals surface area (Å²) in [5.41, 5.74) is 0.620. The van der Waals surface area contributed by atoms with Crippen molar-refractivity contribution in [2.75, 3.05) is 0 Å². The summed E-state index contributed by atoms with van der Waals surface area (Å²) in [5.74, 6) is -1.30. The summed E-state index contributed by atoms with van der Waals surface area (Å²) in [6.07, 6.45) is 1.65. The Balaban J connectivity index is 2.02. The van der Waals surface area contributed by atoms with Gasteiger partial charge in [-0.2, -0.15) is 8.78 Å². The second-order valence-electron chi connectivity index (χ2n) is 5.25. The van der Waals surface area contributed by atoms with Gasteiger partial charge in [0, 0.05) is 6.04 Å². The minimum atomic E-state index is -2.89. The molecule has 1 N–H and O–H groups in total.